The fourth-order valence-corrected chi connectivity index (χ4v) is 2.51. The molecule has 0 N–H and O–H groups in total. The van der Waals surface area contributed by atoms with Crippen molar-refractivity contribution in [2.24, 2.45) is 0 Å². The third kappa shape index (κ3) is 3.33. The van der Waals surface area contributed by atoms with E-state index in [1.54, 1.807) is 6.92 Å². The van der Waals surface area contributed by atoms with Crippen molar-refractivity contribution < 1.29 is 9.53 Å². The molecule has 1 atom stereocenters. The molecule has 0 saturated carbocycles. The van der Waals surface area contributed by atoms with E-state index in [2.05, 4.69) is 4.74 Å². The zero-order valence-electron chi connectivity index (χ0n) is 5.53. The van der Waals surface area contributed by atoms with Crippen LogP contribution < -0.4 is 0 Å². The van der Waals surface area contributed by atoms with Crippen molar-refractivity contribution in [3.63, 3.8) is 0 Å². The van der Waals surface area contributed by atoms with Crippen LogP contribution in [0.25, 0.3) is 0 Å². The zero-order chi connectivity index (χ0) is 8.36. The molecule has 0 aliphatic heterocycles. The van der Waals surface area contributed by atoms with Gasteiger partial charge in [-0.05, 0) is 0 Å². The Morgan fingerprint density at radius 2 is 1.90 bits per heavy atom. The summed E-state index contributed by atoms with van der Waals surface area (Å²) < 4.78 is 3.85. The molecular weight excluding hydrogens is 259 g/mol. The quantitative estimate of drug-likeness (QED) is 0.565. The van der Waals surface area contributed by atoms with Gasteiger partial charge >= 0.3 is 74.8 Å². The van der Waals surface area contributed by atoms with Gasteiger partial charge in [-0.25, -0.2) is 0 Å². The molecule has 2 nitrogen and oxygen atoms in total. The average Bonchev–Trinajstić information content (AvgIpc) is 1.83. The van der Waals surface area contributed by atoms with Gasteiger partial charge in [-0.3, -0.25) is 0 Å². The van der Waals surface area contributed by atoms with E-state index < -0.39 is 21.2 Å². The van der Waals surface area contributed by atoms with Gasteiger partial charge < -0.3 is 0 Å². The van der Waals surface area contributed by atoms with Crippen LogP contribution in [0.2, 0.25) is 4.75 Å². The van der Waals surface area contributed by atoms with E-state index in [0.29, 0.717) is 0 Å². The number of methoxy groups -OCH3 is 1. The van der Waals surface area contributed by atoms with Crippen molar-refractivity contribution in [1.82, 2.24) is 0 Å². The van der Waals surface area contributed by atoms with Gasteiger partial charge in [0.15, 0.2) is 0 Å². The minimum atomic E-state index is -3.37. The molecule has 0 radical (unpaired) electrons. The summed E-state index contributed by atoms with van der Waals surface area (Å²) in [5.41, 5.74) is 0. The Hall–Kier alpha value is 0.883. The number of hydrogen-bond acceptors (Lipinski definition) is 2. The Morgan fingerprint density at radius 1 is 1.50 bits per heavy atom. The average molecular weight is 266 g/mol. The van der Waals surface area contributed by atoms with Crippen LogP contribution in [-0.4, -0.2) is 23.6 Å². The number of hydrogen-bond donors (Lipinski definition) is 0. The first-order valence-corrected chi connectivity index (χ1v) is 12.0. The first-order valence-electron chi connectivity index (χ1n) is 2.54. The third-order valence-corrected chi connectivity index (χ3v) is 8.70. The summed E-state index contributed by atoms with van der Waals surface area (Å²) in [6.45, 7) is 1.57. The molecule has 10 heavy (non-hydrogen) atoms. The predicted molar refractivity (Wildman–Crippen MR) is 44.8 cm³/mol. The molecule has 0 spiro atoms. The molecule has 0 aromatic heterocycles. The standard InChI is InChI=1S/C4H7Cl3GeO2/c1-3(4(9)10-2)8(5,6)7/h3H,1-2H3. The van der Waals surface area contributed by atoms with Gasteiger partial charge in [0.1, 0.15) is 0 Å². The predicted octanol–water partition coefficient (Wildman–Crippen LogP) is 2.20. The fraction of sp³-hybridized carbons (Fsp3) is 0.750. The van der Waals surface area contributed by atoms with E-state index in [1.165, 1.54) is 7.11 Å². The van der Waals surface area contributed by atoms with Crippen molar-refractivity contribution >= 4 is 46.5 Å². The molecule has 0 bridgehead atoms. The second-order valence-corrected chi connectivity index (χ2v) is 18.2. The molecule has 0 fully saturated rings. The Morgan fingerprint density at radius 3 is 2.00 bits per heavy atom. The molecule has 0 aliphatic carbocycles. The minimum absolute atomic E-state index is 0.444. The third-order valence-electron chi connectivity index (χ3n) is 1.05. The van der Waals surface area contributed by atoms with Crippen LogP contribution in [0.1, 0.15) is 6.92 Å². The number of esters is 1. The topological polar surface area (TPSA) is 26.3 Å². The summed E-state index contributed by atoms with van der Waals surface area (Å²) in [5, 5.41) is 0. The van der Waals surface area contributed by atoms with Crippen molar-refractivity contribution in [1.29, 1.82) is 0 Å². The van der Waals surface area contributed by atoms with Crippen LogP contribution in [0, 0.1) is 0 Å². The van der Waals surface area contributed by atoms with E-state index in [-0.39, 0.29) is 0 Å². The van der Waals surface area contributed by atoms with Gasteiger partial charge in [0.25, 0.3) is 0 Å². The molecule has 0 aromatic carbocycles. The van der Waals surface area contributed by atoms with Gasteiger partial charge in [-0.2, -0.15) is 0 Å². The normalized spacial score (nSPS) is 14.5. The summed E-state index contributed by atoms with van der Waals surface area (Å²) in [5.74, 6) is -0.444. The van der Waals surface area contributed by atoms with Crippen LogP contribution in [0.5, 0.6) is 0 Å². The van der Waals surface area contributed by atoms with Crippen LogP contribution in [-0.2, 0) is 9.53 Å². The summed E-state index contributed by atoms with van der Waals surface area (Å²) in [6.07, 6.45) is 0. The maximum absolute atomic E-state index is 10.7. The Kier molecular flexibility index (Phi) is 4.40. The maximum atomic E-state index is 10.7. The van der Waals surface area contributed by atoms with Gasteiger partial charge in [0.05, 0.1) is 0 Å². The molecular formula is C4H7Cl3GeO2. The van der Waals surface area contributed by atoms with Crippen LogP contribution in [0.3, 0.4) is 0 Å². The van der Waals surface area contributed by atoms with Crippen LogP contribution >= 0.6 is 30.0 Å². The van der Waals surface area contributed by atoms with Crippen LogP contribution in [0.4, 0.5) is 0 Å². The molecule has 1 unspecified atom stereocenters. The van der Waals surface area contributed by atoms with Gasteiger partial charge in [-0.1, -0.05) is 0 Å². The summed E-state index contributed by atoms with van der Waals surface area (Å²) in [4.78, 5) is 10.7. The number of halogens is 3. The van der Waals surface area contributed by atoms with Crippen molar-refractivity contribution in [2.45, 2.75) is 11.7 Å². The van der Waals surface area contributed by atoms with E-state index in [9.17, 15) is 4.79 Å². The first-order chi connectivity index (χ1) is 4.39. The second-order valence-electron chi connectivity index (χ2n) is 1.79. The van der Waals surface area contributed by atoms with Gasteiger partial charge in [0.2, 0.25) is 0 Å². The summed E-state index contributed by atoms with van der Waals surface area (Å²) >= 11 is 0. The summed E-state index contributed by atoms with van der Waals surface area (Å²) in [7, 11) is 14.6. The van der Waals surface area contributed by atoms with E-state index >= 15 is 0 Å². The second kappa shape index (κ2) is 4.05. The Labute approximate surface area is 74.7 Å². The van der Waals surface area contributed by atoms with E-state index in [0.717, 1.165) is 0 Å². The molecule has 0 aromatic rings. The van der Waals surface area contributed by atoms with Crippen molar-refractivity contribution in [3.8, 4) is 0 Å². The SMILES string of the molecule is COC(=O)[CH](C)[Ge]([Cl])([Cl])[Cl]. The zero-order valence-corrected chi connectivity index (χ0v) is 9.89. The number of rotatable bonds is 2. The fourth-order valence-electron chi connectivity index (χ4n) is 0.310. The molecule has 0 amide bonds. The monoisotopic (exact) mass is 266 g/mol. The molecule has 60 valence electrons. The molecule has 6 heteroatoms. The van der Waals surface area contributed by atoms with E-state index in [1.807, 2.05) is 0 Å². The Bertz CT molecular complexity index is 133. The molecule has 0 rings (SSSR count). The van der Waals surface area contributed by atoms with Gasteiger partial charge in [0, 0.05) is 0 Å². The van der Waals surface area contributed by atoms with Crippen LogP contribution in [0.15, 0.2) is 0 Å². The molecule has 0 saturated heterocycles. The molecule has 0 heterocycles. The Balaban J connectivity index is 4.08. The molecule has 0 aliphatic rings. The van der Waals surface area contributed by atoms with Gasteiger partial charge in [-0.15, -0.1) is 0 Å². The summed E-state index contributed by atoms with van der Waals surface area (Å²) in [6, 6.07) is 0. The number of carbonyl (C=O) groups is 1. The number of carbonyl (C=O) groups excluding carboxylic acids is 1. The first kappa shape index (κ1) is 10.9. The van der Waals surface area contributed by atoms with Crippen molar-refractivity contribution in [2.75, 3.05) is 7.11 Å². The van der Waals surface area contributed by atoms with E-state index in [4.69, 9.17) is 30.0 Å². The number of ether oxygens (including phenoxy) is 1. The van der Waals surface area contributed by atoms with Crippen molar-refractivity contribution in [3.05, 3.63) is 0 Å².